The fourth-order valence-corrected chi connectivity index (χ4v) is 5.95. The second kappa shape index (κ2) is 8.28. The van der Waals surface area contributed by atoms with E-state index in [0.29, 0.717) is 36.0 Å². The van der Waals surface area contributed by atoms with E-state index < -0.39 is 10.0 Å². The zero-order valence-corrected chi connectivity index (χ0v) is 18.3. The summed E-state index contributed by atoms with van der Waals surface area (Å²) in [5.74, 6) is 0. The SMILES string of the molecule is C=CCn1cnn(C[NH+]2CCN(S(=O)(=O)c3c(C)cc(C)cc3C)CC2)c1=S. The van der Waals surface area contributed by atoms with Gasteiger partial charge in [0.25, 0.3) is 0 Å². The van der Waals surface area contributed by atoms with Gasteiger partial charge < -0.3 is 9.47 Å². The van der Waals surface area contributed by atoms with Gasteiger partial charge in [0.2, 0.25) is 14.8 Å². The van der Waals surface area contributed by atoms with Gasteiger partial charge in [0.05, 0.1) is 31.1 Å². The van der Waals surface area contributed by atoms with E-state index in [9.17, 15) is 8.42 Å². The first-order valence-corrected chi connectivity index (χ1v) is 11.2. The minimum Gasteiger partial charge on any atom is -0.314 e. The number of hydrogen-bond acceptors (Lipinski definition) is 4. The van der Waals surface area contributed by atoms with Gasteiger partial charge >= 0.3 is 0 Å². The van der Waals surface area contributed by atoms with E-state index in [4.69, 9.17) is 12.2 Å². The Bertz CT molecular complexity index is 1010. The van der Waals surface area contributed by atoms with Crippen molar-refractivity contribution in [3.05, 3.63) is 52.6 Å². The molecule has 1 aromatic heterocycles. The first-order valence-electron chi connectivity index (χ1n) is 9.38. The first kappa shape index (κ1) is 20.9. The predicted molar refractivity (Wildman–Crippen MR) is 111 cm³/mol. The summed E-state index contributed by atoms with van der Waals surface area (Å²) >= 11 is 5.44. The maximum Gasteiger partial charge on any atom is 0.244 e. The number of aromatic nitrogens is 3. The van der Waals surface area contributed by atoms with Gasteiger partial charge in [0, 0.05) is 6.54 Å². The zero-order valence-electron chi connectivity index (χ0n) is 16.7. The standard InChI is InChI=1S/C19H27N5O2S2/c1-5-6-22-13-20-24(19(22)27)14-21-7-9-23(10-8-21)28(25,26)18-16(3)11-15(2)12-17(18)4/h5,11-13H,1,6-10,14H2,2-4H3/p+1. The number of rotatable bonds is 6. The van der Waals surface area contributed by atoms with Crippen molar-refractivity contribution in [1.82, 2.24) is 18.7 Å². The van der Waals surface area contributed by atoms with Crippen molar-refractivity contribution in [1.29, 1.82) is 0 Å². The van der Waals surface area contributed by atoms with E-state index in [0.717, 1.165) is 29.8 Å². The van der Waals surface area contributed by atoms with Crippen LogP contribution in [0.4, 0.5) is 0 Å². The number of quaternary nitrogens is 1. The van der Waals surface area contributed by atoms with Crippen molar-refractivity contribution >= 4 is 22.2 Å². The summed E-state index contributed by atoms with van der Waals surface area (Å²) in [6.07, 6.45) is 3.50. The fourth-order valence-electron chi connectivity index (χ4n) is 3.86. The maximum atomic E-state index is 13.2. The number of hydrogen-bond donors (Lipinski definition) is 1. The number of nitrogens with one attached hydrogen (secondary N) is 1. The molecule has 7 nitrogen and oxygen atoms in total. The van der Waals surface area contributed by atoms with Gasteiger partial charge in [-0.3, -0.25) is 0 Å². The molecule has 2 heterocycles. The van der Waals surface area contributed by atoms with Crippen molar-refractivity contribution in [2.45, 2.75) is 38.9 Å². The average Bonchev–Trinajstić information content (AvgIpc) is 2.95. The minimum atomic E-state index is -3.49. The summed E-state index contributed by atoms with van der Waals surface area (Å²) in [7, 11) is -3.49. The van der Waals surface area contributed by atoms with Crippen LogP contribution in [0.25, 0.3) is 0 Å². The van der Waals surface area contributed by atoms with Crippen LogP contribution in [-0.2, 0) is 23.2 Å². The molecule has 0 saturated carbocycles. The lowest BCUT2D eigenvalue weighted by Gasteiger charge is -2.32. The third kappa shape index (κ3) is 4.12. The highest BCUT2D eigenvalue weighted by molar-refractivity contribution is 7.89. The summed E-state index contributed by atoms with van der Waals surface area (Å²) in [6, 6.07) is 3.87. The molecule has 28 heavy (non-hydrogen) atoms. The van der Waals surface area contributed by atoms with Gasteiger partial charge in [0.1, 0.15) is 6.33 Å². The molecule has 1 aromatic carbocycles. The van der Waals surface area contributed by atoms with Crippen molar-refractivity contribution in [2.75, 3.05) is 26.2 Å². The van der Waals surface area contributed by atoms with Crippen LogP contribution in [-0.4, -0.2) is 53.2 Å². The fraction of sp³-hybridized carbons (Fsp3) is 0.474. The van der Waals surface area contributed by atoms with Crippen LogP contribution in [0.15, 0.2) is 36.0 Å². The van der Waals surface area contributed by atoms with Gasteiger partial charge in [0.15, 0.2) is 6.67 Å². The molecule has 0 aliphatic carbocycles. The van der Waals surface area contributed by atoms with Gasteiger partial charge in [-0.25, -0.2) is 8.42 Å². The van der Waals surface area contributed by atoms with Gasteiger partial charge in [-0.05, 0) is 44.1 Å². The molecule has 1 fully saturated rings. The molecular formula is C19H28N5O2S2+. The van der Waals surface area contributed by atoms with E-state index >= 15 is 0 Å². The summed E-state index contributed by atoms with van der Waals surface area (Å²) in [6.45, 7) is 13.1. The number of allylic oxidation sites excluding steroid dienone is 1. The van der Waals surface area contributed by atoms with E-state index in [2.05, 4.69) is 11.7 Å². The molecule has 0 bridgehead atoms. The quantitative estimate of drug-likeness (QED) is 0.559. The Morgan fingerprint density at radius 1 is 1.21 bits per heavy atom. The first-order chi connectivity index (χ1) is 13.2. The Balaban J connectivity index is 1.70. The molecule has 1 saturated heterocycles. The maximum absolute atomic E-state index is 13.2. The van der Waals surface area contributed by atoms with Crippen LogP contribution in [0.3, 0.4) is 0 Å². The molecule has 1 aliphatic rings. The molecule has 1 N–H and O–H groups in total. The molecule has 0 radical (unpaired) electrons. The highest BCUT2D eigenvalue weighted by Gasteiger charge is 2.32. The summed E-state index contributed by atoms with van der Waals surface area (Å²) in [4.78, 5) is 1.72. The highest BCUT2D eigenvalue weighted by atomic mass is 32.2. The Morgan fingerprint density at radius 2 is 1.82 bits per heavy atom. The van der Waals surface area contributed by atoms with Crippen molar-refractivity contribution < 1.29 is 13.3 Å². The van der Waals surface area contributed by atoms with E-state index in [1.807, 2.05) is 37.5 Å². The molecule has 2 aromatic rings. The van der Waals surface area contributed by atoms with Gasteiger partial charge in [-0.15, -0.1) is 6.58 Å². The second-order valence-corrected chi connectivity index (χ2v) is 9.63. The number of aryl methyl sites for hydroxylation is 3. The largest absolute Gasteiger partial charge is 0.314 e. The van der Waals surface area contributed by atoms with E-state index in [-0.39, 0.29) is 0 Å². The molecule has 152 valence electrons. The molecule has 1 aliphatic heterocycles. The van der Waals surface area contributed by atoms with Gasteiger partial charge in [-0.1, -0.05) is 23.8 Å². The minimum absolute atomic E-state index is 0.451. The number of nitrogens with zero attached hydrogens (tertiary/aromatic N) is 4. The lowest BCUT2D eigenvalue weighted by atomic mass is 10.1. The Hall–Kier alpha value is -1.81. The predicted octanol–water partition coefficient (Wildman–Crippen LogP) is 1.07. The van der Waals surface area contributed by atoms with Crippen LogP contribution in [0.5, 0.6) is 0 Å². The van der Waals surface area contributed by atoms with Crippen LogP contribution in [0, 0.1) is 25.5 Å². The third-order valence-corrected chi connectivity index (χ3v) is 7.78. The molecule has 9 heteroatoms. The van der Waals surface area contributed by atoms with E-state index in [1.165, 1.54) is 4.90 Å². The average molecular weight is 423 g/mol. The Labute approximate surface area is 171 Å². The van der Waals surface area contributed by atoms with E-state index in [1.54, 1.807) is 21.4 Å². The van der Waals surface area contributed by atoms with Crippen molar-refractivity contribution in [3.63, 3.8) is 0 Å². The normalized spacial score (nSPS) is 16.4. The van der Waals surface area contributed by atoms with Crippen LogP contribution < -0.4 is 4.90 Å². The molecule has 3 rings (SSSR count). The van der Waals surface area contributed by atoms with Gasteiger partial charge in [-0.2, -0.15) is 14.1 Å². The van der Waals surface area contributed by atoms with Crippen molar-refractivity contribution in [2.24, 2.45) is 0 Å². The molecule has 0 spiro atoms. The summed E-state index contributed by atoms with van der Waals surface area (Å²) in [5, 5.41) is 4.35. The Morgan fingerprint density at radius 3 is 2.39 bits per heavy atom. The number of sulfonamides is 1. The third-order valence-electron chi connectivity index (χ3n) is 5.13. The molecular weight excluding hydrogens is 394 g/mol. The molecule has 0 amide bonds. The summed E-state index contributed by atoms with van der Waals surface area (Å²) < 4.78 is 32.3. The lowest BCUT2D eigenvalue weighted by Crippen LogP contribution is -3.14. The highest BCUT2D eigenvalue weighted by Crippen LogP contribution is 2.25. The van der Waals surface area contributed by atoms with Crippen LogP contribution in [0.1, 0.15) is 16.7 Å². The number of benzene rings is 1. The smallest absolute Gasteiger partial charge is 0.244 e. The number of piperazine rings is 1. The Kier molecular flexibility index (Phi) is 6.18. The second-order valence-electron chi connectivity index (χ2n) is 7.39. The topological polar surface area (TPSA) is 64.6 Å². The van der Waals surface area contributed by atoms with Crippen molar-refractivity contribution in [3.8, 4) is 0 Å². The monoisotopic (exact) mass is 422 g/mol. The zero-order chi connectivity index (χ0) is 20.5. The van der Waals surface area contributed by atoms with Crippen LogP contribution >= 0.6 is 12.2 Å². The molecule has 0 atom stereocenters. The summed E-state index contributed by atoms with van der Waals surface area (Å²) in [5.41, 5.74) is 2.70. The lowest BCUT2D eigenvalue weighted by molar-refractivity contribution is -0.926. The van der Waals surface area contributed by atoms with Crippen LogP contribution in [0.2, 0.25) is 0 Å². The molecule has 0 unspecified atom stereocenters.